The van der Waals surface area contributed by atoms with E-state index in [2.05, 4.69) is 10.2 Å². The van der Waals surface area contributed by atoms with Crippen LogP contribution in [0.3, 0.4) is 0 Å². The zero-order chi connectivity index (χ0) is 18.4. The van der Waals surface area contributed by atoms with E-state index in [4.69, 9.17) is 22.7 Å². The first-order valence-corrected chi connectivity index (χ1v) is 10.8. The molecule has 25 heavy (non-hydrogen) atoms. The number of β-lactam (4-membered cyclic amide) rings is 1. The maximum atomic E-state index is 12.7. The summed E-state index contributed by atoms with van der Waals surface area (Å²) in [6.45, 7) is 5.40. The Hall–Kier alpha value is -0.880. The number of ether oxygens (including phenoxy) is 1. The monoisotopic (exact) mass is 418 g/mol. The Kier molecular flexibility index (Phi) is 5.31. The van der Waals surface area contributed by atoms with E-state index in [0.717, 1.165) is 9.91 Å². The highest BCUT2D eigenvalue weighted by Crippen LogP contribution is 2.41. The first kappa shape index (κ1) is 18.9. The second-order valence-electron chi connectivity index (χ2n) is 6.56. The standard InChI is InChI=1S/C14H18N4O3S4/c1-14(2,3)21-11(20)8-6(5-24-13-17-16-12(22)25-13)4-23-10-7(15)9(19)18(8)10/h7,10H,4-5,15H2,1-3H3,(H,16,22)/t7?,10-/m1/s1. The van der Waals surface area contributed by atoms with Crippen LogP contribution in [-0.2, 0) is 14.3 Å². The van der Waals surface area contributed by atoms with E-state index in [0.29, 0.717) is 21.2 Å². The molecule has 2 atom stereocenters. The number of H-pyrrole nitrogens is 1. The fourth-order valence-corrected chi connectivity index (χ4v) is 5.95. The van der Waals surface area contributed by atoms with Crippen LogP contribution in [-0.4, -0.2) is 55.5 Å². The molecular weight excluding hydrogens is 400 g/mol. The maximum absolute atomic E-state index is 12.7. The van der Waals surface area contributed by atoms with E-state index in [1.165, 1.54) is 28.0 Å². The van der Waals surface area contributed by atoms with Gasteiger partial charge in [-0.2, -0.15) is 5.10 Å². The number of carbonyl (C=O) groups is 2. The van der Waals surface area contributed by atoms with Gasteiger partial charge in [0.05, 0.1) is 0 Å². The smallest absolute Gasteiger partial charge is 0.355 e. The summed E-state index contributed by atoms with van der Waals surface area (Å²) in [4.78, 5) is 26.4. The number of nitrogens with zero attached hydrogens (tertiary/aromatic N) is 2. The molecule has 2 aliphatic heterocycles. The van der Waals surface area contributed by atoms with Crippen molar-refractivity contribution < 1.29 is 14.3 Å². The van der Waals surface area contributed by atoms with Gasteiger partial charge in [0, 0.05) is 11.5 Å². The lowest BCUT2D eigenvalue weighted by Gasteiger charge is -2.48. The fourth-order valence-electron chi connectivity index (χ4n) is 2.43. The van der Waals surface area contributed by atoms with E-state index >= 15 is 0 Å². The van der Waals surface area contributed by atoms with Crippen molar-refractivity contribution in [1.82, 2.24) is 15.1 Å². The van der Waals surface area contributed by atoms with E-state index in [1.54, 1.807) is 32.5 Å². The summed E-state index contributed by atoms with van der Waals surface area (Å²) < 4.78 is 6.91. The fraction of sp³-hybridized carbons (Fsp3) is 0.571. The van der Waals surface area contributed by atoms with E-state index in [1.807, 2.05) is 0 Å². The van der Waals surface area contributed by atoms with Crippen molar-refractivity contribution in [3.8, 4) is 0 Å². The van der Waals surface area contributed by atoms with Crippen LogP contribution in [0.5, 0.6) is 0 Å². The molecule has 1 saturated heterocycles. The summed E-state index contributed by atoms with van der Waals surface area (Å²) >= 11 is 9.45. The molecule has 1 unspecified atom stereocenters. The number of fused-ring (bicyclic) bond motifs is 1. The first-order chi connectivity index (χ1) is 11.7. The first-order valence-electron chi connectivity index (χ1n) is 7.51. The van der Waals surface area contributed by atoms with Gasteiger partial charge in [0.2, 0.25) is 5.91 Å². The molecule has 0 bridgehead atoms. The minimum absolute atomic E-state index is 0.198. The van der Waals surface area contributed by atoms with Crippen molar-refractivity contribution in [1.29, 1.82) is 0 Å². The summed E-state index contributed by atoms with van der Waals surface area (Å²) in [7, 11) is 0. The van der Waals surface area contributed by atoms with Gasteiger partial charge in [-0.3, -0.25) is 14.8 Å². The number of hydrogen-bond acceptors (Lipinski definition) is 9. The molecule has 3 N–H and O–H groups in total. The number of aromatic amines is 1. The summed E-state index contributed by atoms with van der Waals surface area (Å²) in [6.07, 6.45) is 0. The normalized spacial score (nSPS) is 23.4. The summed E-state index contributed by atoms with van der Waals surface area (Å²) in [5.41, 5.74) is 6.40. The van der Waals surface area contributed by atoms with Crippen molar-refractivity contribution in [3.05, 3.63) is 15.2 Å². The van der Waals surface area contributed by atoms with Crippen molar-refractivity contribution >= 4 is 59.0 Å². The van der Waals surface area contributed by atoms with Crippen LogP contribution >= 0.6 is 47.1 Å². The van der Waals surface area contributed by atoms with Crippen LogP contribution in [0.15, 0.2) is 15.6 Å². The predicted octanol–water partition coefficient (Wildman–Crippen LogP) is 2.13. The number of rotatable bonds is 4. The average molecular weight is 419 g/mol. The van der Waals surface area contributed by atoms with E-state index in [9.17, 15) is 9.59 Å². The molecule has 2 aliphatic rings. The maximum Gasteiger partial charge on any atom is 0.355 e. The minimum atomic E-state index is -0.639. The lowest BCUT2D eigenvalue weighted by Crippen LogP contribution is -2.68. The molecule has 11 heteroatoms. The average Bonchev–Trinajstić information content (AvgIpc) is 2.95. The van der Waals surface area contributed by atoms with E-state index in [-0.39, 0.29) is 11.3 Å². The molecule has 1 fully saturated rings. The van der Waals surface area contributed by atoms with Gasteiger partial charge < -0.3 is 10.5 Å². The van der Waals surface area contributed by atoms with Crippen molar-refractivity contribution in [2.45, 2.75) is 42.1 Å². The molecule has 3 rings (SSSR count). The van der Waals surface area contributed by atoms with Crippen LogP contribution in [0.1, 0.15) is 20.8 Å². The van der Waals surface area contributed by atoms with Gasteiger partial charge in [0.1, 0.15) is 22.7 Å². The minimum Gasteiger partial charge on any atom is -0.455 e. The molecule has 0 radical (unpaired) electrons. The van der Waals surface area contributed by atoms with Crippen LogP contribution in [0.4, 0.5) is 0 Å². The highest BCUT2D eigenvalue weighted by Gasteiger charge is 2.52. The SMILES string of the molecule is CC(C)(C)OC(=O)C1=C(CSc2n[nH]c(=S)s2)CS[C@@H]2C(N)C(=O)N12. The van der Waals surface area contributed by atoms with Gasteiger partial charge >= 0.3 is 5.97 Å². The lowest BCUT2D eigenvalue weighted by atomic mass is 10.0. The van der Waals surface area contributed by atoms with Crippen LogP contribution in [0.25, 0.3) is 0 Å². The molecule has 1 aromatic heterocycles. The molecule has 1 aromatic rings. The third-order valence-electron chi connectivity index (χ3n) is 3.47. The Bertz CT molecular complexity index is 794. The Morgan fingerprint density at radius 2 is 2.28 bits per heavy atom. The number of amides is 1. The Balaban J connectivity index is 1.87. The largest absolute Gasteiger partial charge is 0.455 e. The van der Waals surface area contributed by atoms with Gasteiger partial charge in [0.15, 0.2) is 8.29 Å². The number of esters is 1. The van der Waals surface area contributed by atoms with Crippen LogP contribution < -0.4 is 5.73 Å². The predicted molar refractivity (Wildman–Crippen MR) is 102 cm³/mol. The summed E-state index contributed by atoms with van der Waals surface area (Å²) in [5.74, 6) is 0.433. The number of nitrogens with two attached hydrogens (primary N) is 1. The second-order valence-corrected chi connectivity index (χ2v) is 10.6. The number of nitrogens with one attached hydrogen (secondary N) is 1. The zero-order valence-electron chi connectivity index (χ0n) is 13.9. The Labute approximate surface area is 162 Å². The Morgan fingerprint density at radius 3 is 2.88 bits per heavy atom. The zero-order valence-corrected chi connectivity index (χ0v) is 17.2. The second kappa shape index (κ2) is 7.03. The molecule has 7 nitrogen and oxygen atoms in total. The Morgan fingerprint density at radius 1 is 1.56 bits per heavy atom. The number of carbonyl (C=O) groups excluding carboxylic acids is 2. The van der Waals surface area contributed by atoms with Gasteiger partial charge in [-0.1, -0.05) is 23.1 Å². The van der Waals surface area contributed by atoms with Crippen LogP contribution in [0.2, 0.25) is 0 Å². The van der Waals surface area contributed by atoms with Gasteiger partial charge in [-0.25, -0.2) is 4.79 Å². The van der Waals surface area contributed by atoms with E-state index < -0.39 is 17.6 Å². The van der Waals surface area contributed by atoms with Gasteiger partial charge in [-0.15, -0.1) is 11.8 Å². The highest BCUT2D eigenvalue weighted by atomic mass is 32.2. The third kappa shape index (κ3) is 3.95. The van der Waals surface area contributed by atoms with Crippen molar-refractivity contribution in [2.24, 2.45) is 5.73 Å². The summed E-state index contributed by atoms with van der Waals surface area (Å²) in [5, 5.41) is 6.64. The van der Waals surface area contributed by atoms with Gasteiger partial charge in [0.25, 0.3) is 0 Å². The van der Waals surface area contributed by atoms with Crippen molar-refractivity contribution in [3.63, 3.8) is 0 Å². The molecule has 0 spiro atoms. The number of hydrogen-bond donors (Lipinski definition) is 2. The topological polar surface area (TPSA) is 101 Å². The quantitative estimate of drug-likeness (QED) is 0.332. The summed E-state index contributed by atoms with van der Waals surface area (Å²) in [6, 6.07) is -0.562. The molecule has 0 saturated carbocycles. The number of aromatic nitrogens is 2. The van der Waals surface area contributed by atoms with Crippen LogP contribution in [0, 0.1) is 3.95 Å². The molecule has 3 heterocycles. The highest BCUT2D eigenvalue weighted by molar-refractivity contribution is 8.02. The molecule has 0 aliphatic carbocycles. The molecule has 136 valence electrons. The van der Waals surface area contributed by atoms with Gasteiger partial charge in [-0.05, 0) is 38.6 Å². The lowest BCUT2D eigenvalue weighted by molar-refractivity contribution is -0.157. The number of thioether (sulfide) groups is 2. The molecule has 1 amide bonds. The third-order valence-corrected chi connectivity index (χ3v) is 7.15. The van der Waals surface area contributed by atoms with Crippen molar-refractivity contribution in [2.75, 3.05) is 11.5 Å². The molecule has 0 aromatic carbocycles. The molecular formula is C14H18N4O3S4.